The highest BCUT2D eigenvalue weighted by Gasteiger charge is 2.35. The van der Waals surface area contributed by atoms with Crippen molar-refractivity contribution in [2.75, 3.05) is 19.6 Å². The Kier molecular flexibility index (Phi) is 3.57. The van der Waals surface area contributed by atoms with Gasteiger partial charge in [-0.1, -0.05) is 24.3 Å². The maximum atomic E-state index is 12.9. The predicted octanol–water partition coefficient (Wildman–Crippen LogP) is 2.63. The van der Waals surface area contributed by atoms with Gasteiger partial charge in [-0.05, 0) is 24.5 Å². The van der Waals surface area contributed by atoms with Gasteiger partial charge in [0.2, 0.25) is 0 Å². The molecule has 2 aliphatic rings. The highest BCUT2D eigenvalue weighted by atomic mass is 16.1. The van der Waals surface area contributed by atoms with Crippen LogP contribution in [0.4, 0.5) is 0 Å². The van der Waals surface area contributed by atoms with Crippen LogP contribution in [0.3, 0.4) is 0 Å². The molecule has 2 aliphatic heterocycles. The van der Waals surface area contributed by atoms with E-state index in [1.165, 1.54) is 0 Å². The molecule has 1 N–H and O–H groups in total. The van der Waals surface area contributed by atoms with Crippen molar-refractivity contribution in [1.82, 2.24) is 14.5 Å². The van der Waals surface area contributed by atoms with Crippen molar-refractivity contribution in [2.24, 2.45) is 5.92 Å². The summed E-state index contributed by atoms with van der Waals surface area (Å²) in [7, 11) is 0. The number of pyridine rings is 1. The Bertz CT molecular complexity index is 1050. The van der Waals surface area contributed by atoms with Gasteiger partial charge in [-0.3, -0.25) is 14.5 Å². The molecule has 2 aromatic heterocycles. The van der Waals surface area contributed by atoms with E-state index in [0.29, 0.717) is 18.4 Å². The maximum absolute atomic E-state index is 12.9. The van der Waals surface area contributed by atoms with Crippen molar-refractivity contribution in [1.29, 1.82) is 0 Å². The van der Waals surface area contributed by atoms with E-state index in [4.69, 9.17) is 0 Å². The first-order valence-electron chi connectivity index (χ1n) is 9.20. The highest BCUT2D eigenvalue weighted by Crippen LogP contribution is 2.35. The van der Waals surface area contributed by atoms with E-state index >= 15 is 0 Å². The fraction of sp³-hybridized carbons (Fsp3) is 0.333. The molecule has 2 atom stereocenters. The molecule has 1 aromatic carbocycles. The topological polar surface area (TPSA) is 58.1 Å². The summed E-state index contributed by atoms with van der Waals surface area (Å²) in [6.07, 6.45) is 2.94. The van der Waals surface area contributed by atoms with Gasteiger partial charge in [0.15, 0.2) is 5.78 Å². The zero-order valence-electron chi connectivity index (χ0n) is 14.5. The molecule has 1 fully saturated rings. The normalized spacial score (nSPS) is 22.3. The van der Waals surface area contributed by atoms with Gasteiger partial charge in [0, 0.05) is 60.0 Å². The number of benzene rings is 1. The number of fused-ring (bicyclic) bond motifs is 5. The number of likely N-dealkylation sites (tertiary alicyclic amines) is 1. The molecule has 5 nitrogen and oxygen atoms in total. The minimum Gasteiger partial charge on any atom is -0.360 e. The second-order valence-electron chi connectivity index (χ2n) is 7.56. The molecule has 2 bridgehead atoms. The third kappa shape index (κ3) is 2.51. The maximum Gasteiger partial charge on any atom is 0.250 e. The first-order valence-corrected chi connectivity index (χ1v) is 9.20. The minimum absolute atomic E-state index is 0.0977. The van der Waals surface area contributed by atoms with E-state index < -0.39 is 0 Å². The monoisotopic (exact) mass is 347 g/mol. The third-order valence-electron chi connectivity index (χ3n) is 5.81. The Balaban J connectivity index is 1.38. The largest absolute Gasteiger partial charge is 0.360 e. The van der Waals surface area contributed by atoms with Crippen molar-refractivity contribution in [3.8, 4) is 0 Å². The van der Waals surface area contributed by atoms with Crippen LogP contribution in [0.1, 0.15) is 28.4 Å². The van der Waals surface area contributed by atoms with Crippen molar-refractivity contribution < 1.29 is 4.79 Å². The predicted molar refractivity (Wildman–Crippen MR) is 101 cm³/mol. The molecule has 3 aromatic rings. The molecule has 26 heavy (non-hydrogen) atoms. The summed E-state index contributed by atoms with van der Waals surface area (Å²) in [4.78, 5) is 30.5. The number of nitrogens with one attached hydrogen (secondary N) is 1. The van der Waals surface area contributed by atoms with Gasteiger partial charge >= 0.3 is 0 Å². The van der Waals surface area contributed by atoms with Crippen molar-refractivity contribution in [3.05, 3.63) is 70.3 Å². The number of para-hydroxylation sites is 1. The summed E-state index contributed by atoms with van der Waals surface area (Å²) in [5.41, 5.74) is 2.99. The lowest BCUT2D eigenvalue weighted by Crippen LogP contribution is -2.48. The highest BCUT2D eigenvalue weighted by molar-refractivity contribution is 6.08. The number of hydrogen-bond donors (Lipinski definition) is 1. The average molecular weight is 347 g/mol. The van der Waals surface area contributed by atoms with Gasteiger partial charge in [-0.25, -0.2) is 0 Å². The molecule has 0 saturated carbocycles. The van der Waals surface area contributed by atoms with Crippen LogP contribution >= 0.6 is 0 Å². The molecule has 1 unspecified atom stereocenters. The van der Waals surface area contributed by atoms with Crippen LogP contribution < -0.4 is 5.56 Å². The Morgan fingerprint density at radius 2 is 1.96 bits per heavy atom. The molecule has 1 saturated heterocycles. The van der Waals surface area contributed by atoms with Crippen LogP contribution in [0.5, 0.6) is 0 Å². The molecule has 0 aliphatic carbocycles. The summed E-state index contributed by atoms with van der Waals surface area (Å²) >= 11 is 0. The van der Waals surface area contributed by atoms with Crippen molar-refractivity contribution >= 4 is 16.7 Å². The standard InChI is InChI=1S/C21H21N3O2/c25-20(17-9-22-18-5-2-1-4-16(17)18)13-23-10-14-8-15(12-23)19-6-3-7-21(26)24(19)11-14/h1-7,9,14-15,22H,8,10-13H2/t14-,15?/m1/s1. The summed E-state index contributed by atoms with van der Waals surface area (Å²) in [5, 5.41) is 0.992. The van der Waals surface area contributed by atoms with Gasteiger partial charge < -0.3 is 9.55 Å². The van der Waals surface area contributed by atoms with Gasteiger partial charge in [-0.15, -0.1) is 0 Å². The van der Waals surface area contributed by atoms with E-state index in [1.54, 1.807) is 6.07 Å². The van der Waals surface area contributed by atoms with Gasteiger partial charge in [-0.2, -0.15) is 0 Å². The van der Waals surface area contributed by atoms with E-state index in [-0.39, 0.29) is 11.3 Å². The van der Waals surface area contributed by atoms with E-state index in [9.17, 15) is 9.59 Å². The van der Waals surface area contributed by atoms with Gasteiger partial charge in [0.25, 0.3) is 5.56 Å². The number of piperidine rings is 1. The number of rotatable bonds is 3. The number of nitrogens with zero attached hydrogens (tertiary/aromatic N) is 2. The Labute approximate surface area is 151 Å². The smallest absolute Gasteiger partial charge is 0.250 e. The fourth-order valence-corrected chi connectivity index (χ4v) is 4.72. The number of aromatic amines is 1. The lowest BCUT2D eigenvalue weighted by Gasteiger charge is -2.42. The van der Waals surface area contributed by atoms with Crippen LogP contribution in [0.15, 0.2) is 53.5 Å². The van der Waals surface area contributed by atoms with Gasteiger partial charge in [0.05, 0.1) is 6.54 Å². The van der Waals surface area contributed by atoms with E-state index in [1.807, 2.05) is 41.1 Å². The number of hydrogen-bond acceptors (Lipinski definition) is 3. The number of Topliss-reactive ketones (excluding diaryl/α,β-unsaturated/α-hetero) is 1. The number of carbonyl (C=O) groups is 1. The molecular weight excluding hydrogens is 326 g/mol. The molecular formula is C21H21N3O2. The lowest BCUT2D eigenvalue weighted by molar-refractivity contribution is 0.0819. The molecule has 5 rings (SSSR count). The SMILES string of the molecule is O=C(CN1CC2C[C@H](C1)Cn1c2cccc1=O)c1c[nH]c2ccccc12. The Morgan fingerprint density at radius 3 is 2.88 bits per heavy atom. The number of ketones is 1. The molecule has 4 heterocycles. The van der Waals surface area contributed by atoms with Gasteiger partial charge in [0.1, 0.15) is 0 Å². The second kappa shape index (κ2) is 5.95. The zero-order valence-corrected chi connectivity index (χ0v) is 14.5. The summed E-state index contributed by atoms with van der Waals surface area (Å²) < 4.78 is 1.93. The number of H-pyrrole nitrogens is 1. The van der Waals surface area contributed by atoms with Crippen LogP contribution in [0.25, 0.3) is 10.9 Å². The Morgan fingerprint density at radius 1 is 1.08 bits per heavy atom. The summed E-state index contributed by atoms with van der Waals surface area (Å²) in [5.74, 6) is 0.942. The van der Waals surface area contributed by atoms with Crippen molar-refractivity contribution in [2.45, 2.75) is 18.9 Å². The number of aromatic nitrogens is 2. The van der Waals surface area contributed by atoms with E-state index in [2.05, 4.69) is 16.0 Å². The first-order chi connectivity index (χ1) is 12.7. The Hall–Kier alpha value is -2.66. The molecule has 0 amide bonds. The third-order valence-corrected chi connectivity index (χ3v) is 5.81. The number of carbonyl (C=O) groups excluding carboxylic acids is 1. The minimum atomic E-state index is 0.0977. The first kappa shape index (κ1) is 15.6. The van der Waals surface area contributed by atoms with Crippen molar-refractivity contribution in [3.63, 3.8) is 0 Å². The summed E-state index contributed by atoms with van der Waals surface area (Å²) in [6.45, 7) is 2.93. The van der Waals surface area contributed by atoms with Crippen LogP contribution in [0.2, 0.25) is 0 Å². The lowest BCUT2D eigenvalue weighted by atomic mass is 9.83. The van der Waals surface area contributed by atoms with Crippen LogP contribution in [-0.2, 0) is 6.54 Å². The zero-order chi connectivity index (χ0) is 17.7. The second-order valence-corrected chi connectivity index (χ2v) is 7.56. The molecule has 132 valence electrons. The quantitative estimate of drug-likeness (QED) is 0.741. The molecule has 0 radical (unpaired) electrons. The fourth-order valence-electron chi connectivity index (χ4n) is 4.72. The van der Waals surface area contributed by atoms with E-state index in [0.717, 1.165) is 48.2 Å². The summed E-state index contributed by atoms with van der Waals surface area (Å²) in [6, 6.07) is 13.5. The van der Waals surface area contributed by atoms with Crippen LogP contribution in [-0.4, -0.2) is 39.9 Å². The molecule has 5 heteroatoms. The molecule has 0 spiro atoms. The van der Waals surface area contributed by atoms with Crippen LogP contribution in [0, 0.1) is 5.92 Å². The average Bonchev–Trinajstić information content (AvgIpc) is 3.07.